The van der Waals surface area contributed by atoms with Crippen LogP contribution in [0.5, 0.6) is 0 Å². The third-order valence-corrected chi connectivity index (χ3v) is 3.62. The third kappa shape index (κ3) is 4.68. The summed E-state index contributed by atoms with van der Waals surface area (Å²) in [6, 6.07) is 14.3. The van der Waals surface area contributed by atoms with Gasteiger partial charge in [0.2, 0.25) is 0 Å². The topological polar surface area (TPSA) is 58.2 Å². The van der Waals surface area contributed by atoms with Crippen LogP contribution in [0, 0.1) is 6.92 Å². The number of rotatable bonds is 6. The van der Waals surface area contributed by atoms with Crippen molar-refractivity contribution < 1.29 is 9.59 Å². The highest BCUT2D eigenvalue weighted by Crippen LogP contribution is 2.15. The molecule has 0 saturated carbocycles. The number of para-hydroxylation sites is 1. The minimum absolute atomic E-state index is 0.107. The van der Waals surface area contributed by atoms with Gasteiger partial charge in [-0.1, -0.05) is 31.5 Å². The Hall–Kier alpha value is -2.62. The van der Waals surface area contributed by atoms with Gasteiger partial charge >= 0.3 is 0 Å². The van der Waals surface area contributed by atoms with Crippen LogP contribution in [0.25, 0.3) is 0 Å². The van der Waals surface area contributed by atoms with E-state index >= 15 is 0 Å². The first-order chi connectivity index (χ1) is 11.1. The lowest BCUT2D eigenvalue weighted by Gasteiger charge is -2.09. The van der Waals surface area contributed by atoms with Crippen molar-refractivity contribution in [1.82, 2.24) is 5.32 Å². The van der Waals surface area contributed by atoms with E-state index in [9.17, 15) is 9.59 Å². The summed E-state index contributed by atoms with van der Waals surface area (Å²) >= 11 is 0. The maximum absolute atomic E-state index is 12.2. The van der Waals surface area contributed by atoms with Crippen LogP contribution in [0.1, 0.15) is 46.0 Å². The molecule has 4 heteroatoms. The van der Waals surface area contributed by atoms with Crippen LogP contribution in [0.3, 0.4) is 0 Å². The molecule has 0 aromatic heterocycles. The summed E-state index contributed by atoms with van der Waals surface area (Å²) in [7, 11) is 0. The van der Waals surface area contributed by atoms with Crippen molar-refractivity contribution in [1.29, 1.82) is 0 Å². The van der Waals surface area contributed by atoms with E-state index in [0.29, 0.717) is 17.7 Å². The summed E-state index contributed by atoms with van der Waals surface area (Å²) in [5.41, 5.74) is 2.89. The summed E-state index contributed by atoms with van der Waals surface area (Å²) in [6.45, 7) is 4.69. The second kappa shape index (κ2) is 8.13. The first-order valence-electron chi connectivity index (χ1n) is 7.87. The summed E-state index contributed by atoms with van der Waals surface area (Å²) < 4.78 is 0. The predicted molar refractivity (Wildman–Crippen MR) is 92.8 cm³/mol. The van der Waals surface area contributed by atoms with E-state index in [1.807, 2.05) is 31.2 Å². The smallest absolute Gasteiger partial charge is 0.255 e. The molecule has 2 rings (SSSR count). The average Bonchev–Trinajstić information content (AvgIpc) is 2.57. The molecule has 0 unspecified atom stereocenters. The minimum Gasteiger partial charge on any atom is -0.352 e. The average molecular weight is 310 g/mol. The molecule has 0 radical (unpaired) electrons. The lowest BCUT2D eigenvalue weighted by molar-refractivity contribution is 0.0951. The van der Waals surface area contributed by atoms with Crippen LogP contribution < -0.4 is 10.6 Å². The van der Waals surface area contributed by atoms with E-state index in [1.54, 1.807) is 24.3 Å². The van der Waals surface area contributed by atoms with E-state index < -0.39 is 0 Å². The molecule has 2 N–H and O–H groups in total. The van der Waals surface area contributed by atoms with Crippen molar-refractivity contribution >= 4 is 17.5 Å². The molecule has 0 aliphatic heterocycles. The molecule has 23 heavy (non-hydrogen) atoms. The zero-order valence-electron chi connectivity index (χ0n) is 13.6. The van der Waals surface area contributed by atoms with Crippen molar-refractivity contribution in [3.05, 3.63) is 65.2 Å². The molecule has 0 spiro atoms. The fourth-order valence-corrected chi connectivity index (χ4v) is 2.16. The van der Waals surface area contributed by atoms with Crippen molar-refractivity contribution in [2.24, 2.45) is 0 Å². The molecule has 0 fully saturated rings. The van der Waals surface area contributed by atoms with Gasteiger partial charge in [0.15, 0.2) is 0 Å². The molecule has 0 heterocycles. The highest BCUT2D eigenvalue weighted by molar-refractivity contribution is 6.05. The summed E-state index contributed by atoms with van der Waals surface area (Å²) in [5, 5.41) is 5.73. The fraction of sp³-hybridized carbons (Fsp3) is 0.263. The van der Waals surface area contributed by atoms with Crippen LogP contribution in [0.2, 0.25) is 0 Å². The van der Waals surface area contributed by atoms with Gasteiger partial charge in [0.05, 0.1) is 0 Å². The summed E-state index contributed by atoms with van der Waals surface area (Å²) in [5.74, 6) is -0.290. The van der Waals surface area contributed by atoms with Crippen LogP contribution in [-0.4, -0.2) is 18.4 Å². The van der Waals surface area contributed by atoms with Gasteiger partial charge in [-0.25, -0.2) is 0 Å². The van der Waals surface area contributed by atoms with E-state index in [4.69, 9.17) is 0 Å². The fourth-order valence-electron chi connectivity index (χ4n) is 2.16. The largest absolute Gasteiger partial charge is 0.352 e. The Morgan fingerprint density at radius 1 is 0.913 bits per heavy atom. The number of aryl methyl sites for hydroxylation is 1. The number of carbonyl (C=O) groups excluding carboxylic acids is 2. The number of hydrogen-bond donors (Lipinski definition) is 2. The zero-order valence-corrected chi connectivity index (χ0v) is 13.6. The number of nitrogens with one attached hydrogen (secondary N) is 2. The van der Waals surface area contributed by atoms with E-state index in [1.165, 1.54) is 0 Å². The lowest BCUT2D eigenvalue weighted by Crippen LogP contribution is -2.24. The second-order valence-corrected chi connectivity index (χ2v) is 5.46. The van der Waals surface area contributed by atoms with Crippen LogP contribution in [0.15, 0.2) is 48.5 Å². The van der Waals surface area contributed by atoms with Crippen molar-refractivity contribution in [2.75, 3.05) is 11.9 Å². The normalized spacial score (nSPS) is 10.2. The number of amides is 2. The van der Waals surface area contributed by atoms with Crippen LogP contribution >= 0.6 is 0 Å². The molecule has 120 valence electrons. The van der Waals surface area contributed by atoms with Gasteiger partial charge in [-0.3, -0.25) is 9.59 Å². The van der Waals surface area contributed by atoms with Gasteiger partial charge in [-0.2, -0.15) is 0 Å². The maximum Gasteiger partial charge on any atom is 0.255 e. The molecule has 4 nitrogen and oxygen atoms in total. The SMILES string of the molecule is CCCCNC(=O)c1ccc(C(=O)Nc2ccccc2C)cc1. The molecule has 0 atom stereocenters. The van der Waals surface area contributed by atoms with Gasteiger partial charge in [0, 0.05) is 23.4 Å². The third-order valence-electron chi connectivity index (χ3n) is 3.62. The standard InChI is InChI=1S/C19H22N2O2/c1-3-4-13-20-18(22)15-9-11-16(12-10-15)19(23)21-17-8-6-5-7-14(17)2/h5-12H,3-4,13H2,1-2H3,(H,20,22)(H,21,23). The summed E-state index contributed by atoms with van der Waals surface area (Å²) in [4.78, 5) is 24.2. The molecule has 2 aromatic carbocycles. The van der Waals surface area contributed by atoms with Gasteiger partial charge in [-0.15, -0.1) is 0 Å². The monoisotopic (exact) mass is 310 g/mol. The Bertz CT molecular complexity index is 678. The quantitative estimate of drug-likeness (QED) is 0.798. The summed E-state index contributed by atoms with van der Waals surface area (Å²) in [6.07, 6.45) is 2.00. The van der Waals surface area contributed by atoms with Crippen molar-refractivity contribution in [2.45, 2.75) is 26.7 Å². The van der Waals surface area contributed by atoms with Crippen LogP contribution in [0.4, 0.5) is 5.69 Å². The van der Waals surface area contributed by atoms with E-state index in [2.05, 4.69) is 17.6 Å². The van der Waals surface area contributed by atoms with Gasteiger partial charge < -0.3 is 10.6 Å². The molecule has 0 bridgehead atoms. The molecular weight excluding hydrogens is 288 g/mol. The number of anilines is 1. The zero-order chi connectivity index (χ0) is 16.7. The molecule has 2 amide bonds. The van der Waals surface area contributed by atoms with Crippen molar-refractivity contribution in [3.8, 4) is 0 Å². The molecule has 0 aliphatic carbocycles. The maximum atomic E-state index is 12.2. The second-order valence-electron chi connectivity index (χ2n) is 5.46. The van der Waals surface area contributed by atoms with Gasteiger partial charge in [0.25, 0.3) is 11.8 Å². The number of hydrogen-bond acceptors (Lipinski definition) is 2. The van der Waals surface area contributed by atoms with Crippen LogP contribution in [-0.2, 0) is 0 Å². The van der Waals surface area contributed by atoms with Gasteiger partial charge in [-0.05, 0) is 49.2 Å². The van der Waals surface area contributed by atoms with E-state index in [0.717, 1.165) is 24.1 Å². The lowest BCUT2D eigenvalue weighted by atomic mass is 10.1. The Kier molecular flexibility index (Phi) is 5.92. The number of benzene rings is 2. The van der Waals surface area contributed by atoms with E-state index in [-0.39, 0.29) is 11.8 Å². The molecular formula is C19H22N2O2. The van der Waals surface area contributed by atoms with Crippen molar-refractivity contribution in [3.63, 3.8) is 0 Å². The molecule has 0 aliphatic rings. The first kappa shape index (κ1) is 16.7. The highest BCUT2D eigenvalue weighted by Gasteiger charge is 2.09. The Morgan fingerprint density at radius 2 is 1.52 bits per heavy atom. The highest BCUT2D eigenvalue weighted by atomic mass is 16.2. The Morgan fingerprint density at radius 3 is 2.13 bits per heavy atom. The molecule has 2 aromatic rings. The molecule has 0 saturated heterocycles. The minimum atomic E-state index is -0.183. The Labute approximate surface area is 136 Å². The number of unbranched alkanes of at least 4 members (excludes halogenated alkanes) is 1. The predicted octanol–water partition coefficient (Wildman–Crippen LogP) is 3.78. The first-order valence-corrected chi connectivity index (χ1v) is 7.87. The Balaban J connectivity index is 2.00. The van der Waals surface area contributed by atoms with Gasteiger partial charge in [0.1, 0.15) is 0 Å². The number of carbonyl (C=O) groups is 2.